The summed E-state index contributed by atoms with van der Waals surface area (Å²) in [7, 11) is 0. The number of aryl methyl sites for hydroxylation is 3. The largest absolute Gasteiger partial charge is 0.227 e. The summed E-state index contributed by atoms with van der Waals surface area (Å²) in [5.41, 5.74) is 4.54. The van der Waals surface area contributed by atoms with Gasteiger partial charge in [0.1, 0.15) is 5.15 Å². The van der Waals surface area contributed by atoms with E-state index in [0.717, 1.165) is 33.6 Å². The molecule has 2 heterocycles. The zero-order valence-corrected chi connectivity index (χ0v) is 13.3. The minimum Gasteiger partial charge on any atom is -0.227 e. The van der Waals surface area contributed by atoms with Gasteiger partial charge in [0.15, 0.2) is 5.82 Å². The molecule has 0 atom stereocenters. The molecule has 0 saturated heterocycles. The third kappa shape index (κ3) is 2.21. The molecule has 102 valence electrons. The number of benzene rings is 1. The predicted molar refractivity (Wildman–Crippen MR) is 86.7 cm³/mol. The van der Waals surface area contributed by atoms with Gasteiger partial charge in [-0.05, 0) is 48.9 Å². The Bertz CT molecular complexity index is 793. The summed E-state index contributed by atoms with van der Waals surface area (Å²) < 4.78 is 0. The van der Waals surface area contributed by atoms with Crippen LogP contribution < -0.4 is 0 Å². The van der Waals surface area contributed by atoms with Crippen molar-refractivity contribution < 1.29 is 0 Å². The van der Waals surface area contributed by atoms with Crippen molar-refractivity contribution in [1.82, 2.24) is 9.97 Å². The monoisotopic (exact) mass is 302 g/mol. The lowest BCUT2D eigenvalue weighted by Crippen LogP contribution is -1.95. The SMILES string of the molecule is CCc1ccsc1-c1nc(Cl)c2cc(C)cc(C)c2n1. The molecule has 3 aromatic rings. The Hall–Kier alpha value is -1.45. The topological polar surface area (TPSA) is 25.8 Å². The van der Waals surface area contributed by atoms with E-state index in [2.05, 4.69) is 43.3 Å². The van der Waals surface area contributed by atoms with Crippen LogP contribution in [0.5, 0.6) is 0 Å². The number of aromatic nitrogens is 2. The quantitative estimate of drug-likeness (QED) is 0.609. The second-order valence-corrected chi connectivity index (χ2v) is 6.22. The van der Waals surface area contributed by atoms with Crippen LogP contribution in [0.2, 0.25) is 5.15 Å². The van der Waals surface area contributed by atoms with Gasteiger partial charge in [-0.25, -0.2) is 9.97 Å². The molecule has 0 amide bonds. The molecule has 0 aliphatic carbocycles. The summed E-state index contributed by atoms with van der Waals surface area (Å²) >= 11 is 8.04. The first-order valence-electron chi connectivity index (χ1n) is 6.61. The predicted octanol–water partition coefficient (Wildman–Crippen LogP) is 5.19. The molecule has 20 heavy (non-hydrogen) atoms. The van der Waals surface area contributed by atoms with Gasteiger partial charge in [0.2, 0.25) is 0 Å². The maximum Gasteiger partial charge on any atom is 0.171 e. The smallest absolute Gasteiger partial charge is 0.171 e. The summed E-state index contributed by atoms with van der Waals surface area (Å²) in [6.07, 6.45) is 0.977. The Morgan fingerprint density at radius 2 is 2.00 bits per heavy atom. The number of nitrogens with zero attached hydrogens (tertiary/aromatic N) is 2. The van der Waals surface area contributed by atoms with E-state index in [4.69, 9.17) is 16.6 Å². The van der Waals surface area contributed by atoms with E-state index < -0.39 is 0 Å². The van der Waals surface area contributed by atoms with Crippen molar-refractivity contribution in [3.63, 3.8) is 0 Å². The summed E-state index contributed by atoms with van der Waals surface area (Å²) in [4.78, 5) is 10.4. The zero-order chi connectivity index (χ0) is 14.3. The van der Waals surface area contributed by atoms with Gasteiger partial charge in [-0.2, -0.15) is 0 Å². The van der Waals surface area contributed by atoms with Crippen LogP contribution in [0.25, 0.3) is 21.6 Å². The molecule has 1 aromatic carbocycles. The first-order valence-corrected chi connectivity index (χ1v) is 7.87. The minimum atomic E-state index is 0.534. The van der Waals surface area contributed by atoms with Crippen molar-refractivity contribution in [3.05, 3.63) is 45.4 Å². The second-order valence-electron chi connectivity index (χ2n) is 4.94. The van der Waals surface area contributed by atoms with Crippen LogP contribution in [0.4, 0.5) is 0 Å². The fourth-order valence-electron chi connectivity index (χ4n) is 2.46. The van der Waals surface area contributed by atoms with E-state index in [0.29, 0.717) is 5.15 Å². The number of thiophene rings is 1. The first kappa shape index (κ1) is 13.5. The molecular weight excluding hydrogens is 288 g/mol. The Kier molecular flexibility index (Phi) is 3.48. The van der Waals surface area contributed by atoms with Gasteiger partial charge >= 0.3 is 0 Å². The molecule has 0 spiro atoms. The summed E-state index contributed by atoms with van der Waals surface area (Å²) in [5, 5.41) is 3.55. The zero-order valence-electron chi connectivity index (χ0n) is 11.7. The molecule has 0 bridgehead atoms. The van der Waals surface area contributed by atoms with Crippen molar-refractivity contribution >= 4 is 33.8 Å². The van der Waals surface area contributed by atoms with Crippen LogP contribution >= 0.6 is 22.9 Å². The highest BCUT2D eigenvalue weighted by molar-refractivity contribution is 7.13. The van der Waals surface area contributed by atoms with Crippen LogP contribution in [-0.2, 0) is 6.42 Å². The van der Waals surface area contributed by atoms with Gasteiger partial charge < -0.3 is 0 Å². The first-order chi connectivity index (χ1) is 9.60. The van der Waals surface area contributed by atoms with E-state index in [1.807, 2.05) is 6.07 Å². The molecule has 0 saturated carbocycles. The lowest BCUT2D eigenvalue weighted by molar-refractivity contribution is 1.14. The molecule has 0 N–H and O–H groups in total. The van der Waals surface area contributed by atoms with Crippen molar-refractivity contribution in [1.29, 1.82) is 0 Å². The van der Waals surface area contributed by atoms with E-state index >= 15 is 0 Å². The molecule has 0 aliphatic rings. The average Bonchev–Trinajstić information content (AvgIpc) is 2.88. The highest BCUT2D eigenvalue weighted by atomic mass is 35.5. The normalized spacial score (nSPS) is 11.2. The van der Waals surface area contributed by atoms with E-state index in [-0.39, 0.29) is 0 Å². The molecule has 2 nitrogen and oxygen atoms in total. The lowest BCUT2D eigenvalue weighted by Gasteiger charge is -2.08. The maximum absolute atomic E-state index is 6.37. The molecule has 3 rings (SSSR count). The number of halogens is 1. The molecular formula is C16H15ClN2S. The van der Waals surface area contributed by atoms with Gasteiger partial charge in [-0.15, -0.1) is 11.3 Å². The van der Waals surface area contributed by atoms with Crippen LogP contribution in [0.15, 0.2) is 23.6 Å². The number of fused-ring (bicyclic) bond motifs is 1. The molecule has 0 aliphatic heterocycles. The maximum atomic E-state index is 6.37. The Balaban J connectivity index is 2.30. The second kappa shape index (κ2) is 5.15. The molecule has 0 radical (unpaired) electrons. The van der Waals surface area contributed by atoms with Crippen molar-refractivity contribution in [3.8, 4) is 10.7 Å². The average molecular weight is 303 g/mol. The number of hydrogen-bond donors (Lipinski definition) is 0. The fourth-order valence-corrected chi connectivity index (χ4v) is 3.61. The third-order valence-electron chi connectivity index (χ3n) is 3.42. The van der Waals surface area contributed by atoms with Gasteiger partial charge in [0, 0.05) is 5.39 Å². The summed E-state index contributed by atoms with van der Waals surface area (Å²) in [6.45, 7) is 6.27. The van der Waals surface area contributed by atoms with Crippen molar-refractivity contribution in [2.75, 3.05) is 0 Å². The third-order valence-corrected chi connectivity index (χ3v) is 4.66. The lowest BCUT2D eigenvalue weighted by atomic mass is 10.1. The molecule has 0 fully saturated rings. The van der Waals surface area contributed by atoms with E-state index in [1.165, 1.54) is 11.1 Å². The summed E-state index contributed by atoms with van der Waals surface area (Å²) in [6, 6.07) is 6.30. The summed E-state index contributed by atoms with van der Waals surface area (Å²) in [5.74, 6) is 0.737. The van der Waals surface area contributed by atoms with Gasteiger partial charge in [0.05, 0.1) is 10.4 Å². The van der Waals surface area contributed by atoms with Gasteiger partial charge in [0.25, 0.3) is 0 Å². The number of hydrogen-bond acceptors (Lipinski definition) is 3. The minimum absolute atomic E-state index is 0.534. The van der Waals surface area contributed by atoms with E-state index in [1.54, 1.807) is 11.3 Å². The standard InChI is InChI=1S/C16H15ClN2S/c1-4-11-5-6-20-14(11)16-18-13-10(3)7-9(2)8-12(13)15(17)19-16/h5-8H,4H2,1-3H3. The Morgan fingerprint density at radius 1 is 1.20 bits per heavy atom. The van der Waals surface area contributed by atoms with Crippen LogP contribution in [-0.4, -0.2) is 9.97 Å². The van der Waals surface area contributed by atoms with Crippen molar-refractivity contribution in [2.24, 2.45) is 0 Å². The highest BCUT2D eigenvalue weighted by Crippen LogP contribution is 2.32. The van der Waals surface area contributed by atoms with Crippen LogP contribution in [0, 0.1) is 13.8 Å². The van der Waals surface area contributed by atoms with Crippen molar-refractivity contribution in [2.45, 2.75) is 27.2 Å². The Morgan fingerprint density at radius 3 is 2.75 bits per heavy atom. The van der Waals surface area contributed by atoms with Crippen LogP contribution in [0.3, 0.4) is 0 Å². The van der Waals surface area contributed by atoms with Gasteiger partial charge in [-0.3, -0.25) is 0 Å². The van der Waals surface area contributed by atoms with E-state index in [9.17, 15) is 0 Å². The molecule has 0 unspecified atom stereocenters. The highest BCUT2D eigenvalue weighted by Gasteiger charge is 2.13. The molecule has 2 aromatic heterocycles. The van der Waals surface area contributed by atoms with Gasteiger partial charge in [-0.1, -0.05) is 30.2 Å². The van der Waals surface area contributed by atoms with Crippen LogP contribution in [0.1, 0.15) is 23.6 Å². The number of rotatable bonds is 2. The fraction of sp³-hybridized carbons (Fsp3) is 0.250. The Labute approximate surface area is 127 Å². The molecule has 4 heteroatoms.